The molecular formula is C12H23ClN2O. The van der Waals surface area contributed by atoms with Crippen molar-refractivity contribution < 1.29 is 4.79 Å². The van der Waals surface area contributed by atoms with E-state index in [1.54, 1.807) is 0 Å². The monoisotopic (exact) mass is 246 g/mol. The maximum atomic E-state index is 12.2. The van der Waals surface area contributed by atoms with E-state index in [1.165, 1.54) is 0 Å². The van der Waals surface area contributed by atoms with Gasteiger partial charge in [0.25, 0.3) is 0 Å². The number of hydrogen-bond donors (Lipinski definition) is 0. The third kappa shape index (κ3) is 3.11. The zero-order valence-electron chi connectivity index (χ0n) is 10.8. The van der Waals surface area contributed by atoms with Crippen LogP contribution in [0.5, 0.6) is 0 Å². The third-order valence-corrected chi connectivity index (χ3v) is 4.14. The van der Waals surface area contributed by atoms with Crippen LogP contribution in [0.4, 0.5) is 0 Å². The van der Waals surface area contributed by atoms with Crippen molar-refractivity contribution >= 4 is 17.5 Å². The van der Waals surface area contributed by atoms with Crippen molar-refractivity contribution in [3.05, 3.63) is 0 Å². The summed E-state index contributed by atoms with van der Waals surface area (Å²) in [4.78, 5) is 16.4. The van der Waals surface area contributed by atoms with Crippen LogP contribution in [0.1, 0.15) is 26.7 Å². The average molecular weight is 247 g/mol. The van der Waals surface area contributed by atoms with Crippen molar-refractivity contribution in [1.82, 2.24) is 9.80 Å². The first-order valence-electron chi connectivity index (χ1n) is 5.90. The lowest BCUT2D eigenvalue weighted by molar-refractivity contribution is -0.140. The maximum Gasteiger partial charge on any atom is 0.229 e. The zero-order chi connectivity index (χ0) is 12.3. The van der Waals surface area contributed by atoms with E-state index in [0.717, 1.165) is 25.9 Å². The maximum absolute atomic E-state index is 12.2. The molecule has 1 amide bonds. The summed E-state index contributed by atoms with van der Waals surface area (Å²) in [7, 11) is 4.04. The van der Waals surface area contributed by atoms with Crippen LogP contribution < -0.4 is 0 Å². The van der Waals surface area contributed by atoms with Gasteiger partial charge in [0.15, 0.2) is 0 Å². The van der Waals surface area contributed by atoms with Gasteiger partial charge in [-0.3, -0.25) is 4.79 Å². The molecule has 0 spiro atoms. The van der Waals surface area contributed by atoms with Gasteiger partial charge in [0.2, 0.25) is 5.91 Å². The molecule has 1 aliphatic rings. The minimum atomic E-state index is -0.445. The molecule has 0 aromatic heterocycles. The summed E-state index contributed by atoms with van der Waals surface area (Å²) >= 11 is 5.84. The molecule has 0 N–H and O–H groups in total. The summed E-state index contributed by atoms with van der Waals surface area (Å²) < 4.78 is 0. The largest absolute Gasteiger partial charge is 0.342 e. The van der Waals surface area contributed by atoms with Gasteiger partial charge in [-0.05, 0) is 46.8 Å². The summed E-state index contributed by atoms with van der Waals surface area (Å²) in [6, 6.07) is 0.381. The summed E-state index contributed by atoms with van der Waals surface area (Å²) in [5.41, 5.74) is -0.445. The number of carbonyl (C=O) groups excluding carboxylic acids is 1. The van der Waals surface area contributed by atoms with Gasteiger partial charge in [0, 0.05) is 19.0 Å². The molecule has 4 heteroatoms. The van der Waals surface area contributed by atoms with Gasteiger partial charge in [0.1, 0.15) is 0 Å². The molecule has 1 heterocycles. The Morgan fingerprint density at radius 3 is 2.38 bits per heavy atom. The molecule has 0 aliphatic carbocycles. The topological polar surface area (TPSA) is 23.6 Å². The smallest absolute Gasteiger partial charge is 0.229 e. The Kier molecular flexibility index (Phi) is 4.62. The van der Waals surface area contributed by atoms with Gasteiger partial charge in [-0.2, -0.15) is 0 Å². The van der Waals surface area contributed by atoms with Crippen LogP contribution in [0.15, 0.2) is 0 Å². The first-order chi connectivity index (χ1) is 7.38. The van der Waals surface area contributed by atoms with Crippen molar-refractivity contribution in [2.24, 2.45) is 5.41 Å². The SMILES string of the molecule is CN1CCC(N(C)C(=O)C(C)(C)CCl)CC1. The Morgan fingerprint density at radius 2 is 1.94 bits per heavy atom. The Balaban J connectivity index is 2.57. The lowest BCUT2D eigenvalue weighted by Gasteiger charge is -2.38. The Morgan fingerprint density at radius 1 is 1.44 bits per heavy atom. The molecule has 0 radical (unpaired) electrons. The van der Waals surface area contributed by atoms with Gasteiger partial charge < -0.3 is 9.80 Å². The molecule has 0 aromatic rings. The number of likely N-dealkylation sites (tertiary alicyclic amines) is 1. The molecule has 0 saturated carbocycles. The first kappa shape index (κ1) is 13.8. The molecule has 0 bridgehead atoms. The van der Waals surface area contributed by atoms with E-state index in [4.69, 9.17) is 11.6 Å². The quantitative estimate of drug-likeness (QED) is 0.709. The van der Waals surface area contributed by atoms with Crippen LogP contribution in [0.3, 0.4) is 0 Å². The molecule has 0 unspecified atom stereocenters. The fraction of sp³-hybridized carbons (Fsp3) is 0.917. The molecule has 94 valence electrons. The minimum Gasteiger partial charge on any atom is -0.342 e. The molecule has 1 aliphatic heterocycles. The normalized spacial score (nSPS) is 19.8. The van der Waals surface area contributed by atoms with Crippen LogP contribution in [0.2, 0.25) is 0 Å². The third-order valence-electron chi connectivity index (χ3n) is 3.47. The zero-order valence-corrected chi connectivity index (χ0v) is 11.5. The highest BCUT2D eigenvalue weighted by molar-refractivity contribution is 6.19. The standard InChI is InChI=1S/C12H23ClN2O/c1-12(2,9-13)11(16)15(4)10-5-7-14(3)8-6-10/h10H,5-9H2,1-4H3. The van der Waals surface area contributed by atoms with E-state index < -0.39 is 5.41 Å². The van der Waals surface area contributed by atoms with Gasteiger partial charge in [-0.25, -0.2) is 0 Å². The van der Waals surface area contributed by atoms with E-state index in [-0.39, 0.29) is 5.91 Å². The van der Waals surface area contributed by atoms with Crippen LogP contribution in [0.25, 0.3) is 0 Å². The second-order valence-corrected chi connectivity index (χ2v) is 5.74. The number of amides is 1. The number of alkyl halides is 1. The van der Waals surface area contributed by atoms with E-state index in [0.29, 0.717) is 11.9 Å². The number of carbonyl (C=O) groups is 1. The second kappa shape index (κ2) is 5.37. The average Bonchev–Trinajstić information content (AvgIpc) is 2.28. The van der Waals surface area contributed by atoms with E-state index >= 15 is 0 Å². The molecule has 0 aromatic carbocycles. The van der Waals surface area contributed by atoms with Crippen molar-refractivity contribution in [3.63, 3.8) is 0 Å². The number of hydrogen-bond acceptors (Lipinski definition) is 2. The molecule has 1 rings (SSSR count). The lowest BCUT2D eigenvalue weighted by atomic mass is 9.92. The number of halogens is 1. The molecule has 16 heavy (non-hydrogen) atoms. The predicted molar refractivity (Wildman–Crippen MR) is 67.8 cm³/mol. The Labute approximate surface area is 104 Å². The highest BCUT2D eigenvalue weighted by atomic mass is 35.5. The fourth-order valence-corrected chi connectivity index (χ4v) is 2.20. The van der Waals surface area contributed by atoms with Gasteiger partial charge in [-0.1, -0.05) is 0 Å². The van der Waals surface area contributed by atoms with Gasteiger partial charge in [-0.15, -0.1) is 11.6 Å². The first-order valence-corrected chi connectivity index (χ1v) is 6.43. The summed E-state index contributed by atoms with van der Waals surface area (Å²) in [5.74, 6) is 0.542. The van der Waals surface area contributed by atoms with Crippen LogP contribution in [-0.2, 0) is 4.79 Å². The van der Waals surface area contributed by atoms with Crippen molar-refractivity contribution in [1.29, 1.82) is 0 Å². The van der Waals surface area contributed by atoms with Crippen LogP contribution in [-0.4, -0.2) is 54.8 Å². The Hall–Kier alpha value is -0.280. The fourth-order valence-electron chi connectivity index (χ4n) is 2.08. The summed E-state index contributed by atoms with van der Waals surface area (Å²) in [5, 5.41) is 0. The summed E-state index contributed by atoms with van der Waals surface area (Å²) in [6.45, 7) is 5.97. The van der Waals surface area contributed by atoms with E-state index in [2.05, 4.69) is 11.9 Å². The van der Waals surface area contributed by atoms with Crippen LogP contribution in [0, 0.1) is 5.41 Å². The highest BCUT2D eigenvalue weighted by Gasteiger charge is 2.33. The minimum absolute atomic E-state index is 0.164. The molecule has 1 saturated heterocycles. The molecule has 0 atom stereocenters. The molecular weight excluding hydrogens is 224 g/mol. The highest BCUT2D eigenvalue weighted by Crippen LogP contribution is 2.24. The van der Waals surface area contributed by atoms with Crippen LogP contribution >= 0.6 is 11.6 Å². The van der Waals surface area contributed by atoms with Crippen molar-refractivity contribution in [3.8, 4) is 0 Å². The van der Waals surface area contributed by atoms with Crippen molar-refractivity contribution in [2.45, 2.75) is 32.7 Å². The van der Waals surface area contributed by atoms with Crippen molar-refractivity contribution in [2.75, 3.05) is 33.1 Å². The molecule has 3 nitrogen and oxygen atoms in total. The number of nitrogens with zero attached hydrogens (tertiary/aromatic N) is 2. The van der Waals surface area contributed by atoms with E-state index in [1.807, 2.05) is 25.8 Å². The number of piperidine rings is 1. The van der Waals surface area contributed by atoms with E-state index in [9.17, 15) is 4.79 Å². The summed E-state index contributed by atoms with van der Waals surface area (Å²) in [6.07, 6.45) is 2.13. The Bertz CT molecular complexity index is 247. The van der Waals surface area contributed by atoms with Gasteiger partial charge >= 0.3 is 0 Å². The predicted octanol–water partition coefficient (Wildman–Crippen LogP) is 1.80. The lowest BCUT2D eigenvalue weighted by Crippen LogP contribution is -2.49. The molecule has 1 fully saturated rings. The van der Waals surface area contributed by atoms with Gasteiger partial charge in [0.05, 0.1) is 5.41 Å². The number of rotatable bonds is 3. The second-order valence-electron chi connectivity index (χ2n) is 5.47.